The number of imidazole rings is 2. The van der Waals surface area contributed by atoms with E-state index in [1.807, 2.05) is 48.4 Å². The normalized spacial score (nSPS) is 16.9. The Bertz CT molecular complexity index is 1180. The summed E-state index contributed by atoms with van der Waals surface area (Å²) in [4.78, 5) is 26.5. The molecule has 1 amide bonds. The van der Waals surface area contributed by atoms with Crippen molar-refractivity contribution in [2.75, 3.05) is 6.54 Å². The van der Waals surface area contributed by atoms with Crippen molar-refractivity contribution >= 4 is 16.8 Å². The van der Waals surface area contributed by atoms with Crippen molar-refractivity contribution in [1.29, 1.82) is 0 Å². The number of carbonyl (C=O) groups is 1. The number of aromatic amines is 1. The lowest BCUT2D eigenvalue weighted by molar-refractivity contribution is -0.118. The molecule has 0 aliphatic carbocycles. The average Bonchev–Trinajstić information content (AvgIpc) is 3.42. The summed E-state index contributed by atoms with van der Waals surface area (Å²) < 4.78 is 3.99. The Morgan fingerprint density at radius 2 is 2.17 bits per heavy atom. The number of rotatable bonds is 5. The number of H-pyrrole nitrogens is 1. The number of nitrogens with two attached hydrogens (primary N) is 1. The SMILES string of the molecule is Cn1ccnc1[C@@H]1c2nc[nH]c2CCN1Cc1cn(CC(N)=O)c2ccccc12. The zero-order valence-electron chi connectivity index (χ0n) is 16.2. The number of benzene rings is 1. The molecule has 1 atom stereocenters. The highest BCUT2D eigenvalue weighted by molar-refractivity contribution is 5.85. The quantitative estimate of drug-likeness (QED) is 0.543. The Kier molecular flexibility index (Phi) is 4.21. The maximum atomic E-state index is 11.5. The van der Waals surface area contributed by atoms with E-state index in [0.29, 0.717) is 0 Å². The molecule has 5 rings (SSSR count). The predicted octanol–water partition coefficient (Wildman–Crippen LogP) is 1.73. The van der Waals surface area contributed by atoms with E-state index >= 15 is 0 Å². The molecule has 0 radical (unpaired) electrons. The Hall–Kier alpha value is -3.39. The smallest absolute Gasteiger partial charge is 0.237 e. The fourth-order valence-corrected chi connectivity index (χ4v) is 4.39. The van der Waals surface area contributed by atoms with Gasteiger partial charge in [-0.15, -0.1) is 0 Å². The van der Waals surface area contributed by atoms with E-state index in [2.05, 4.69) is 30.5 Å². The molecule has 0 saturated carbocycles. The summed E-state index contributed by atoms with van der Waals surface area (Å²) in [5.41, 5.74) is 9.85. The first-order valence-corrected chi connectivity index (χ1v) is 9.70. The highest BCUT2D eigenvalue weighted by Crippen LogP contribution is 2.34. The Morgan fingerprint density at radius 1 is 1.31 bits per heavy atom. The first kappa shape index (κ1) is 17.7. The third kappa shape index (κ3) is 3.01. The van der Waals surface area contributed by atoms with Crippen LogP contribution in [0.15, 0.2) is 49.2 Å². The lowest BCUT2D eigenvalue weighted by Gasteiger charge is -2.34. The van der Waals surface area contributed by atoms with Crippen molar-refractivity contribution in [3.05, 3.63) is 72.0 Å². The number of aryl methyl sites for hydroxylation is 1. The van der Waals surface area contributed by atoms with Gasteiger partial charge in [0.1, 0.15) is 18.4 Å². The maximum absolute atomic E-state index is 11.5. The first-order valence-electron chi connectivity index (χ1n) is 9.70. The second kappa shape index (κ2) is 6.89. The molecular weight excluding hydrogens is 366 g/mol. The number of primary amides is 1. The Labute approximate surface area is 168 Å². The summed E-state index contributed by atoms with van der Waals surface area (Å²) in [7, 11) is 2.01. The van der Waals surface area contributed by atoms with E-state index in [1.165, 1.54) is 11.3 Å². The van der Waals surface area contributed by atoms with E-state index in [1.54, 1.807) is 6.33 Å². The number of para-hydroxylation sites is 1. The van der Waals surface area contributed by atoms with Crippen LogP contribution in [0.1, 0.15) is 28.8 Å². The largest absolute Gasteiger partial charge is 0.368 e. The highest BCUT2D eigenvalue weighted by Gasteiger charge is 2.34. The summed E-state index contributed by atoms with van der Waals surface area (Å²) in [5, 5.41) is 1.14. The van der Waals surface area contributed by atoms with Crippen LogP contribution in [0.2, 0.25) is 0 Å². The minimum atomic E-state index is -0.345. The molecule has 4 aromatic rings. The maximum Gasteiger partial charge on any atom is 0.237 e. The van der Waals surface area contributed by atoms with Gasteiger partial charge in [-0.3, -0.25) is 9.69 Å². The average molecular weight is 389 g/mol. The number of hydrogen-bond donors (Lipinski definition) is 2. The molecule has 0 spiro atoms. The fourth-order valence-electron chi connectivity index (χ4n) is 4.39. The van der Waals surface area contributed by atoms with Crippen LogP contribution in [0.5, 0.6) is 0 Å². The van der Waals surface area contributed by atoms with Crippen LogP contribution in [0, 0.1) is 0 Å². The number of amides is 1. The molecule has 0 unspecified atom stereocenters. The third-order valence-electron chi connectivity index (χ3n) is 5.70. The molecule has 0 fully saturated rings. The van der Waals surface area contributed by atoms with Gasteiger partial charge in [-0.2, -0.15) is 0 Å². The van der Waals surface area contributed by atoms with Gasteiger partial charge in [0.2, 0.25) is 5.91 Å². The minimum Gasteiger partial charge on any atom is -0.368 e. The predicted molar refractivity (Wildman–Crippen MR) is 109 cm³/mol. The van der Waals surface area contributed by atoms with E-state index in [4.69, 9.17) is 5.73 Å². The van der Waals surface area contributed by atoms with Crippen LogP contribution in [-0.2, 0) is 31.4 Å². The van der Waals surface area contributed by atoms with Crippen LogP contribution in [0.4, 0.5) is 0 Å². The topological polar surface area (TPSA) is 97.8 Å². The second-order valence-electron chi connectivity index (χ2n) is 7.55. The van der Waals surface area contributed by atoms with Gasteiger partial charge >= 0.3 is 0 Å². The van der Waals surface area contributed by atoms with Crippen LogP contribution < -0.4 is 5.73 Å². The summed E-state index contributed by atoms with van der Waals surface area (Å²) in [6, 6.07) is 8.11. The first-order chi connectivity index (χ1) is 14.1. The zero-order chi connectivity index (χ0) is 20.0. The molecule has 8 heteroatoms. The molecule has 4 heterocycles. The van der Waals surface area contributed by atoms with Crippen LogP contribution in [0.3, 0.4) is 0 Å². The van der Waals surface area contributed by atoms with Gasteiger partial charge in [0.25, 0.3) is 0 Å². The van der Waals surface area contributed by atoms with E-state index in [0.717, 1.165) is 41.9 Å². The van der Waals surface area contributed by atoms with Crippen molar-refractivity contribution in [2.24, 2.45) is 12.8 Å². The Morgan fingerprint density at radius 3 is 2.97 bits per heavy atom. The molecule has 148 valence electrons. The second-order valence-corrected chi connectivity index (χ2v) is 7.55. The number of nitrogens with one attached hydrogen (secondary N) is 1. The van der Waals surface area contributed by atoms with Crippen molar-refractivity contribution in [3.63, 3.8) is 0 Å². The number of fused-ring (bicyclic) bond motifs is 2. The van der Waals surface area contributed by atoms with Gasteiger partial charge in [0.15, 0.2) is 0 Å². The lowest BCUT2D eigenvalue weighted by Crippen LogP contribution is -2.37. The Balaban J connectivity index is 1.56. The van der Waals surface area contributed by atoms with Crippen LogP contribution >= 0.6 is 0 Å². The molecule has 3 aromatic heterocycles. The highest BCUT2D eigenvalue weighted by atomic mass is 16.1. The standard InChI is InChI=1S/C21H23N7O/c1-26-9-7-23-21(26)20-19-16(24-13-25-19)6-8-27(20)10-14-11-28(12-18(22)29)17-5-3-2-4-15(14)17/h2-5,7,9,11,13,20H,6,8,10,12H2,1H3,(H2,22,29)(H,24,25)/t20-/m0/s1. The van der Waals surface area contributed by atoms with E-state index < -0.39 is 0 Å². The van der Waals surface area contributed by atoms with Crippen LogP contribution in [-0.4, -0.2) is 41.4 Å². The molecule has 8 nitrogen and oxygen atoms in total. The zero-order valence-corrected chi connectivity index (χ0v) is 16.2. The van der Waals surface area contributed by atoms with Crippen LogP contribution in [0.25, 0.3) is 10.9 Å². The lowest BCUT2D eigenvalue weighted by atomic mass is 10.0. The van der Waals surface area contributed by atoms with Gasteiger partial charge < -0.3 is 19.9 Å². The molecule has 3 N–H and O–H groups in total. The van der Waals surface area contributed by atoms with Gasteiger partial charge in [-0.25, -0.2) is 9.97 Å². The molecule has 1 aromatic carbocycles. The van der Waals surface area contributed by atoms with Gasteiger partial charge in [0.05, 0.1) is 12.0 Å². The monoisotopic (exact) mass is 389 g/mol. The third-order valence-corrected chi connectivity index (χ3v) is 5.70. The van der Waals surface area contributed by atoms with E-state index in [-0.39, 0.29) is 18.5 Å². The van der Waals surface area contributed by atoms with Crippen molar-refractivity contribution in [2.45, 2.75) is 25.6 Å². The molecule has 0 saturated heterocycles. The minimum absolute atomic E-state index is 0.0248. The van der Waals surface area contributed by atoms with Gasteiger partial charge in [-0.05, 0) is 11.6 Å². The van der Waals surface area contributed by atoms with E-state index in [9.17, 15) is 4.79 Å². The van der Waals surface area contributed by atoms with Gasteiger partial charge in [0, 0.05) is 61.7 Å². The molecule has 29 heavy (non-hydrogen) atoms. The summed E-state index contributed by atoms with van der Waals surface area (Å²) in [6.45, 7) is 1.80. The number of hydrogen-bond acceptors (Lipinski definition) is 4. The molecule has 0 bridgehead atoms. The summed E-state index contributed by atoms with van der Waals surface area (Å²) >= 11 is 0. The molecule has 1 aliphatic rings. The van der Waals surface area contributed by atoms with Gasteiger partial charge in [-0.1, -0.05) is 18.2 Å². The number of aromatic nitrogens is 5. The number of carbonyl (C=O) groups excluding carboxylic acids is 1. The van der Waals surface area contributed by atoms with Crippen molar-refractivity contribution in [3.8, 4) is 0 Å². The fraction of sp³-hybridized carbons (Fsp3) is 0.286. The van der Waals surface area contributed by atoms with Crippen molar-refractivity contribution < 1.29 is 4.79 Å². The molecular formula is C21H23N7O. The summed E-state index contributed by atoms with van der Waals surface area (Å²) in [6.07, 6.45) is 8.52. The van der Waals surface area contributed by atoms with Crippen molar-refractivity contribution in [1.82, 2.24) is 29.0 Å². The molecule has 1 aliphatic heterocycles. The summed E-state index contributed by atoms with van der Waals surface area (Å²) in [5.74, 6) is 0.626. The number of nitrogens with zero attached hydrogens (tertiary/aromatic N) is 5.